The maximum atomic E-state index is 12.0. The lowest BCUT2D eigenvalue weighted by Crippen LogP contribution is -2.17. The van der Waals surface area contributed by atoms with Gasteiger partial charge < -0.3 is 14.8 Å². The molecule has 4 nitrogen and oxygen atoms in total. The van der Waals surface area contributed by atoms with Gasteiger partial charge in [0.05, 0.1) is 5.56 Å². The van der Waals surface area contributed by atoms with Gasteiger partial charge in [-0.05, 0) is 43.2 Å². The third-order valence-electron chi connectivity index (χ3n) is 3.69. The van der Waals surface area contributed by atoms with E-state index in [4.69, 9.17) is 0 Å². The number of anilines is 2. The number of aromatic nitrogens is 1. The fraction of sp³-hybridized carbons (Fsp3) is 0.312. The fourth-order valence-electron chi connectivity index (χ4n) is 2.57. The lowest BCUT2D eigenvalue weighted by Gasteiger charge is -2.17. The smallest absolute Gasteiger partial charge is 0.257 e. The van der Waals surface area contributed by atoms with Crippen LogP contribution in [-0.2, 0) is 7.05 Å². The zero-order valence-electron chi connectivity index (χ0n) is 11.7. The number of hydrogen-bond acceptors (Lipinski definition) is 2. The number of rotatable bonds is 3. The van der Waals surface area contributed by atoms with E-state index in [9.17, 15) is 4.79 Å². The summed E-state index contributed by atoms with van der Waals surface area (Å²) in [4.78, 5) is 14.4. The molecule has 0 saturated carbocycles. The molecule has 0 unspecified atom stereocenters. The van der Waals surface area contributed by atoms with Gasteiger partial charge in [-0.3, -0.25) is 4.79 Å². The Labute approximate surface area is 119 Å². The topological polar surface area (TPSA) is 37.3 Å². The molecule has 0 bridgehead atoms. The van der Waals surface area contributed by atoms with Crippen LogP contribution in [0.2, 0.25) is 0 Å². The Morgan fingerprint density at radius 1 is 1.10 bits per heavy atom. The van der Waals surface area contributed by atoms with Crippen molar-refractivity contribution in [1.29, 1.82) is 0 Å². The van der Waals surface area contributed by atoms with E-state index in [2.05, 4.69) is 22.3 Å². The molecule has 1 aromatic carbocycles. The summed E-state index contributed by atoms with van der Waals surface area (Å²) in [7, 11) is 1.90. The fourth-order valence-corrected chi connectivity index (χ4v) is 2.57. The first-order valence-corrected chi connectivity index (χ1v) is 7.01. The molecule has 4 heteroatoms. The number of nitrogens with one attached hydrogen (secondary N) is 1. The number of nitrogens with zero attached hydrogens (tertiary/aromatic N) is 2. The number of carbonyl (C=O) groups excluding carboxylic acids is 1. The molecule has 104 valence electrons. The van der Waals surface area contributed by atoms with E-state index in [0.29, 0.717) is 5.56 Å². The van der Waals surface area contributed by atoms with Gasteiger partial charge >= 0.3 is 0 Å². The summed E-state index contributed by atoms with van der Waals surface area (Å²) in [6.45, 7) is 2.27. The highest BCUT2D eigenvalue weighted by Crippen LogP contribution is 2.22. The molecule has 0 atom stereocenters. The van der Waals surface area contributed by atoms with Gasteiger partial charge in [0.2, 0.25) is 0 Å². The molecule has 1 aliphatic rings. The Morgan fingerprint density at radius 3 is 2.40 bits per heavy atom. The van der Waals surface area contributed by atoms with Crippen molar-refractivity contribution in [3.8, 4) is 0 Å². The minimum Gasteiger partial charge on any atom is -0.372 e. The van der Waals surface area contributed by atoms with E-state index in [1.807, 2.05) is 42.2 Å². The van der Waals surface area contributed by atoms with Crippen LogP contribution in [0.15, 0.2) is 42.7 Å². The molecule has 1 aromatic heterocycles. The number of aryl methyl sites for hydroxylation is 1. The van der Waals surface area contributed by atoms with Gasteiger partial charge in [-0.25, -0.2) is 0 Å². The zero-order chi connectivity index (χ0) is 13.9. The van der Waals surface area contributed by atoms with Crippen LogP contribution >= 0.6 is 0 Å². The van der Waals surface area contributed by atoms with E-state index < -0.39 is 0 Å². The largest absolute Gasteiger partial charge is 0.372 e. The Hall–Kier alpha value is -2.23. The molecule has 0 aliphatic carbocycles. The molecule has 0 spiro atoms. The van der Waals surface area contributed by atoms with Crippen molar-refractivity contribution < 1.29 is 4.79 Å². The molecule has 20 heavy (non-hydrogen) atoms. The van der Waals surface area contributed by atoms with Crippen LogP contribution in [0.5, 0.6) is 0 Å². The Morgan fingerprint density at radius 2 is 1.80 bits per heavy atom. The summed E-state index contributed by atoms with van der Waals surface area (Å²) in [5, 5.41) is 2.92. The molecular formula is C16H19N3O. The van der Waals surface area contributed by atoms with Crippen molar-refractivity contribution in [2.24, 2.45) is 7.05 Å². The monoisotopic (exact) mass is 269 g/mol. The highest BCUT2D eigenvalue weighted by Gasteiger charge is 2.12. The average Bonchev–Trinajstić information content (AvgIpc) is 3.10. The number of carbonyl (C=O) groups is 1. The maximum absolute atomic E-state index is 12.0. The van der Waals surface area contributed by atoms with Gasteiger partial charge in [0.25, 0.3) is 5.91 Å². The molecule has 1 fully saturated rings. The van der Waals surface area contributed by atoms with Crippen LogP contribution in [0.1, 0.15) is 23.2 Å². The van der Waals surface area contributed by atoms with Crippen molar-refractivity contribution in [1.82, 2.24) is 4.57 Å². The van der Waals surface area contributed by atoms with Crippen LogP contribution in [0, 0.1) is 0 Å². The van der Waals surface area contributed by atoms with Gasteiger partial charge in [0, 0.05) is 43.9 Å². The van der Waals surface area contributed by atoms with Gasteiger partial charge in [0.15, 0.2) is 0 Å². The van der Waals surface area contributed by atoms with Gasteiger partial charge in [-0.15, -0.1) is 0 Å². The van der Waals surface area contributed by atoms with Crippen LogP contribution < -0.4 is 10.2 Å². The first-order valence-electron chi connectivity index (χ1n) is 7.01. The molecule has 1 amide bonds. The number of hydrogen-bond donors (Lipinski definition) is 1. The third kappa shape index (κ3) is 2.69. The first kappa shape index (κ1) is 12.8. The number of benzene rings is 1. The van der Waals surface area contributed by atoms with E-state index in [1.165, 1.54) is 18.5 Å². The Bertz CT molecular complexity index is 594. The van der Waals surface area contributed by atoms with Crippen molar-refractivity contribution in [2.45, 2.75) is 12.8 Å². The molecular weight excluding hydrogens is 250 g/mol. The summed E-state index contributed by atoms with van der Waals surface area (Å²) >= 11 is 0. The van der Waals surface area contributed by atoms with Crippen LogP contribution in [0.3, 0.4) is 0 Å². The SMILES string of the molecule is Cn1ccc(C(=O)Nc2ccc(N3CCCC3)cc2)c1. The zero-order valence-corrected chi connectivity index (χ0v) is 11.7. The summed E-state index contributed by atoms with van der Waals surface area (Å²) in [6.07, 6.45) is 6.22. The first-order chi connectivity index (χ1) is 9.72. The molecule has 3 rings (SSSR count). The second kappa shape index (κ2) is 5.41. The van der Waals surface area contributed by atoms with Crippen LogP contribution in [0.4, 0.5) is 11.4 Å². The molecule has 1 saturated heterocycles. The molecule has 2 aromatic rings. The highest BCUT2D eigenvalue weighted by atomic mass is 16.1. The molecule has 1 N–H and O–H groups in total. The summed E-state index contributed by atoms with van der Waals surface area (Å²) in [5.41, 5.74) is 2.75. The Kier molecular flexibility index (Phi) is 3.46. The van der Waals surface area contributed by atoms with Crippen molar-refractivity contribution >= 4 is 17.3 Å². The predicted molar refractivity (Wildman–Crippen MR) is 81.3 cm³/mol. The van der Waals surface area contributed by atoms with Crippen LogP contribution in [0.25, 0.3) is 0 Å². The quantitative estimate of drug-likeness (QED) is 0.930. The summed E-state index contributed by atoms with van der Waals surface area (Å²) < 4.78 is 1.87. The average molecular weight is 269 g/mol. The number of amides is 1. The summed E-state index contributed by atoms with van der Waals surface area (Å²) in [6, 6.07) is 9.90. The second-order valence-electron chi connectivity index (χ2n) is 5.26. The second-order valence-corrected chi connectivity index (χ2v) is 5.26. The van der Waals surface area contributed by atoms with E-state index in [-0.39, 0.29) is 5.91 Å². The van der Waals surface area contributed by atoms with Crippen molar-refractivity contribution in [2.75, 3.05) is 23.3 Å². The molecule has 1 aliphatic heterocycles. The normalized spacial score (nSPS) is 14.6. The van der Waals surface area contributed by atoms with E-state index in [0.717, 1.165) is 18.8 Å². The lowest BCUT2D eigenvalue weighted by molar-refractivity contribution is 0.102. The van der Waals surface area contributed by atoms with Crippen molar-refractivity contribution in [3.63, 3.8) is 0 Å². The Balaban J connectivity index is 1.67. The van der Waals surface area contributed by atoms with Crippen molar-refractivity contribution in [3.05, 3.63) is 48.3 Å². The predicted octanol–water partition coefficient (Wildman–Crippen LogP) is 2.88. The highest BCUT2D eigenvalue weighted by molar-refractivity contribution is 6.04. The molecule has 2 heterocycles. The van der Waals surface area contributed by atoms with Gasteiger partial charge in [-0.2, -0.15) is 0 Å². The standard InChI is InChI=1S/C16H19N3O/c1-18-11-8-13(12-18)16(20)17-14-4-6-15(7-5-14)19-9-2-3-10-19/h4-8,11-12H,2-3,9-10H2,1H3,(H,17,20). The van der Waals surface area contributed by atoms with Gasteiger partial charge in [0.1, 0.15) is 0 Å². The molecule has 0 radical (unpaired) electrons. The maximum Gasteiger partial charge on any atom is 0.257 e. The third-order valence-corrected chi connectivity index (χ3v) is 3.69. The summed E-state index contributed by atoms with van der Waals surface area (Å²) in [5.74, 6) is -0.0699. The van der Waals surface area contributed by atoms with Crippen LogP contribution in [-0.4, -0.2) is 23.6 Å². The minimum absolute atomic E-state index is 0.0699. The van der Waals surface area contributed by atoms with E-state index in [1.54, 1.807) is 0 Å². The minimum atomic E-state index is -0.0699. The lowest BCUT2D eigenvalue weighted by atomic mass is 10.2. The van der Waals surface area contributed by atoms with Gasteiger partial charge in [-0.1, -0.05) is 0 Å². The van der Waals surface area contributed by atoms with E-state index >= 15 is 0 Å².